The number of fused-ring (bicyclic) bond motifs is 1. The predicted octanol–water partition coefficient (Wildman–Crippen LogP) is 0.923. The van der Waals surface area contributed by atoms with Crippen LogP contribution in [0.15, 0.2) is 18.2 Å². The number of hydrogen-bond donors (Lipinski definition) is 1. The summed E-state index contributed by atoms with van der Waals surface area (Å²) in [6.45, 7) is -0.188. The van der Waals surface area contributed by atoms with Crippen LogP contribution in [-0.2, 0) is 17.4 Å². The van der Waals surface area contributed by atoms with Crippen LogP contribution >= 0.6 is 0 Å². The maximum atomic E-state index is 12.4. The van der Waals surface area contributed by atoms with Crippen molar-refractivity contribution in [3.63, 3.8) is 0 Å². The molecule has 1 aliphatic heterocycles. The molecular formula is C8H6BF3O2. The number of hydrogen-bond acceptors (Lipinski definition) is 2. The molecule has 2 rings (SSSR count). The van der Waals surface area contributed by atoms with Gasteiger partial charge in [-0.25, -0.2) is 0 Å². The molecule has 1 N–H and O–H groups in total. The lowest BCUT2D eigenvalue weighted by Crippen LogP contribution is -2.29. The zero-order valence-corrected chi connectivity index (χ0v) is 7.01. The zero-order chi connectivity index (χ0) is 10.3. The van der Waals surface area contributed by atoms with Crippen LogP contribution in [0.4, 0.5) is 13.2 Å². The molecule has 0 saturated carbocycles. The van der Waals surface area contributed by atoms with Crippen molar-refractivity contribution >= 4 is 12.6 Å². The van der Waals surface area contributed by atoms with E-state index in [2.05, 4.69) is 0 Å². The van der Waals surface area contributed by atoms with Gasteiger partial charge in [0, 0.05) is 0 Å². The highest BCUT2D eigenvalue weighted by atomic mass is 19.4. The number of halogens is 3. The molecule has 1 aliphatic rings. The van der Waals surface area contributed by atoms with Crippen LogP contribution in [0.25, 0.3) is 0 Å². The van der Waals surface area contributed by atoms with Gasteiger partial charge in [-0.1, -0.05) is 12.1 Å². The molecule has 1 aromatic rings. The summed E-state index contributed by atoms with van der Waals surface area (Å²) in [5.74, 6) is 0. The van der Waals surface area contributed by atoms with E-state index in [0.29, 0.717) is 0 Å². The molecule has 0 fully saturated rings. The third-order valence-electron chi connectivity index (χ3n) is 2.17. The summed E-state index contributed by atoms with van der Waals surface area (Å²) in [6.07, 6.45) is -4.39. The van der Waals surface area contributed by atoms with E-state index < -0.39 is 18.9 Å². The van der Waals surface area contributed by atoms with Crippen molar-refractivity contribution in [3.8, 4) is 0 Å². The Bertz CT molecular complexity index is 364. The molecule has 1 aromatic carbocycles. The minimum Gasteiger partial charge on any atom is -0.423 e. The normalized spacial score (nSPS) is 15.9. The fourth-order valence-corrected chi connectivity index (χ4v) is 1.51. The predicted molar refractivity (Wildman–Crippen MR) is 43.8 cm³/mol. The minimum absolute atomic E-state index is 0.0347. The van der Waals surface area contributed by atoms with Gasteiger partial charge in [-0.3, -0.25) is 0 Å². The molecule has 0 amide bonds. The van der Waals surface area contributed by atoms with Crippen LogP contribution in [0.3, 0.4) is 0 Å². The maximum Gasteiger partial charge on any atom is 0.491 e. The van der Waals surface area contributed by atoms with Gasteiger partial charge in [0.2, 0.25) is 0 Å². The lowest BCUT2D eigenvalue weighted by molar-refractivity contribution is -0.138. The van der Waals surface area contributed by atoms with E-state index in [-0.39, 0.29) is 17.6 Å². The van der Waals surface area contributed by atoms with Gasteiger partial charge in [-0.05, 0) is 17.1 Å². The summed E-state index contributed by atoms with van der Waals surface area (Å²) in [5.41, 5.74) is -0.487. The molecule has 0 spiro atoms. The lowest BCUT2D eigenvalue weighted by atomic mass is 9.78. The molecule has 0 radical (unpaired) electrons. The Kier molecular flexibility index (Phi) is 2.04. The fraction of sp³-hybridized carbons (Fsp3) is 0.250. The van der Waals surface area contributed by atoms with Crippen LogP contribution in [0, 0.1) is 0 Å². The van der Waals surface area contributed by atoms with E-state index in [9.17, 15) is 18.2 Å². The van der Waals surface area contributed by atoms with Gasteiger partial charge in [0.15, 0.2) is 0 Å². The molecule has 1 heterocycles. The molecule has 0 atom stereocenters. The summed E-state index contributed by atoms with van der Waals surface area (Å²) in [7, 11) is -1.23. The van der Waals surface area contributed by atoms with Crippen LogP contribution in [0.2, 0.25) is 0 Å². The molecule has 2 nitrogen and oxygen atoms in total. The third kappa shape index (κ3) is 1.40. The van der Waals surface area contributed by atoms with Crippen LogP contribution in [0.5, 0.6) is 0 Å². The van der Waals surface area contributed by atoms with E-state index in [0.717, 1.165) is 6.07 Å². The second-order valence-electron chi connectivity index (χ2n) is 3.03. The Morgan fingerprint density at radius 2 is 2.07 bits per heavy atom. The molecule has 0 unspecified atom stereocenters. The Labute approximate surface area is 78.5 Å². The van der Waals surface area contributed by atoms with E-state index in [1.807, 2.05) is 0 Å². The monoisotopic (exact) mass is 202 g/mol. The SMILES string of the molecule is OB1OCc2c1cccc2C(F)(F)F. The largest absolute Gasteiger partial charge is 0.491 e. The molecule has 14 heavy (non-hydrogen) atoms. The highest BCUT2D eigenvalue weighted by Crippen LogP contribution is 2.32. The van der Waals surface area contributed by atoms with E-state index in [1.165, 1.54) is 12.1 Å². The van der Waals surface area contributed by atoms with Crippen molar-refractivity contribution in [1.29, 1.82) is 0 Å². The number of alkyl halides is 3. The van der Waals surface area contributed by atoms with E-state index >= 15 is 0 Å². The van der Waals surface area contributed by atoms with Gasteiger partial charge in [-0.2, -0.15) is 13.2 Å². The summed E-state index contributed by atoms with van der Waals surface area (Å²) >= 11 is 0. The van der Waals surface area contributed by atoms with Gasteiger partial charge in [0.1, 0.15) is 0 Å². The average Bonchev–Trinajstić information content (AvgIpc) is 2.46. The highest BCUT2D eigenvalue weighted by Gasteiger charge is 2.38. The fourth-order valence-electron chi connectivity index (χ4n) is 1.51. The minimum atomic E-state index is -4.39. The number of benzene rings is 1. The van der Waals surface area contributed by atoms with Gasteiger partial charge >= 0.3 is 13.3 Å². The summed E-state index contributed by atoms with van der Waals surface area (Å²) in [4.78, 5) is 0. The molecular weight excluding hydrogens is 196 g/mol. The second-order valence-corrected chi connectivity index (χ2v) is 3.03. The van der Waals surface area contributed by atoms with Gasteiger partial charge in [0.05, 0.1) is 12.2 Å². The average molecular weight is 202 g/mol. The van der Waals surface area contributed by atoms with Crippen molar-refractivity contribution < 1.29 is 22.8 Å². The summed E-state index contributed by atoms with van der Waals surface area (Å²) in [5, 5.41) is 9.18. The standard InChI is InChI=1S/C8H6BF3O2/c10-8(11,12)6-2-1-3-7-5(6)4-14-9(7)13/h1-3,13H,4H2. The zero-order valence-electron chi connectivity index (χ0n) is 7.01. The molecule has 0 aliphatic carbocycles. The molecule has 0 bridgehead atoms. The Morgan fingerprint density at radius 3 is 2.71 bits per heavy atom. The van der Waals surface area contributed by atoms with Crippen molar-refractivity contribution in [2.24, 2.45) is 0 Å². The highest BCUT2D eigenvalue weighted by molar-refractivity contribution is 6.61. The van der Waals surface area contributed by atoms with E-state index in [4.69, 9.17) is 4.65 Å². The van der Waals surface area contributed by atoms with Crippen LogP contribution < -0.4 is 5.46 Å². The van der Waals surface area contributed by atoms with Crippen LogP contribution in [0.1, 0.15) is 11.1 Å². The molecule has 0 aromatic heterocycles. The first-order valence-corrected chi connectivity index (χ1v) is 3.99. The van der Waals surface area contributed by atoms with Gasteiger partial charge < -0.3 is 9.68 Å². The van der Waals surface area contributed by atoms with Crippen molar-refractivity contribution in [2.75, 3.05) is 0 Å². The first-order chi connectivity index (χ1) is 6.50. The van der Waals surface area contributed by atoms with Crippen LogP contribution in [-0.4, -0.2) is 12.1 Å². The Balaban J connectivity index is 2.55. The first kappa shape index (κ1) is 9.55. The molecule has 6 heteroatoms. The van der Waals surface area contributed by atoms with Crippen molar-refractivity contribution in [1.82, 2.24) is 0 Å². The number of rotatable bonds is 0. The Morgan fingerprint density at radius 1 is 1.36 bits per heavy atom. The van der Waals surface area contributed by atoms with Crippen molar-refractivity contribution in [2.45, 2.75) is 12.8 Å². The second kappa shape index (κ2) is 3.00. The Hall–Kier alpha value is -1.01. The van der Waals surface area contributed by atoms with E-state index in [1.54, 1.807) is 0 Å². The third-order valence-corrected chi connectivity index (χ3v) is 2.17. The summed E-state index contributed by atoms with van der Waals surface area (Å²) < 4.78 is 42.0. The quantitative estimate of drug-likeness (QED) is 0.634. The van der Waals surface area contributed by atoms with Crippen molar-refractivity contribution in [3.05, 3.63) is 29.3 Å². The maximum absolute atomic E-state index is 12.4. The van der Waals surface area contributed by atoms with Gasteiger partial charge in [-0.15, -0.1) is 0 Å². The topological polar surface area (TPSA) is 29.5 Å². The summed E-state index contributed by atoms with van der Waals surface area (Å²) in [6, 6.07) is 3.68. The molecule has 0 saturated heterocycles. The first-order valence-electron chi connectivity index (χ1n) is 3.99. The van der Waals surface area contributed by atoms with Gasteiger partial charge in [0.25, 0.3) is 0 Å². The molecule has 74 valence electrons. The lowest BCUT2D eigenvalue weighted by Gasteiger charge is -2.10. The smallest absolute Gasteiger partial charge is 0.423 e.